The summed E-state index contributed by atoms with van der Waals surface area (Å²) in [5.41, 5.74) is 0.986. The Morgan fingerprint density at radius 3 is 2.78 bits per heavy atom. The van der Waals surface area contributed by atoms with Crippen LogP contribution in [-0.2, 0) is 6.42 Å². The van der Waals surface area contributed by atoms with Crippen molar-refractivity contribution >= 4 is 22.9 Å². The van der Waals surface area contributed by atoms with Crippen LogP contribution in [0.15, 0.2) is 36.4 Å². The second-order valence-electron chi connectivity index (χ2n) is 5.81. The quantitative estimate of drug-likeness (QED) is 0.727. The standard InChI is InChI=1S/C19H14F2N2O3S/c1-25-10-5-6-15-11(9-10)17-14(7-8-26-15)22-19(27-17)18(24)23-16-12(20)3-2-4-13(16)21/h2-6,9H,7-8H2,1H3,(H,23,24). The van der Waals surface area contributed by atoms with E-state index in [9.17, 15) is 13.6 Å². The first kappa shape index (κ1) is 17.4. The fraction of sp³-hybridized carbons (Fsp3) is 0.158. The molecule has 1 amide bonds. The van der Waals surface area contributed by atoms with Gasteiger partial charge in [-0.3, -0.25) is 4.79 Å². The maximum atomic E-state index is 13.8. The molecular weight excluding hydrogens is 374 g/mol. The number of amides is 1. The zero-order valence-electron chi connectivity index (χ0n) is 14.2. The minimum atomic E-state index is -0.843. The Hall–Kier alpha value is -3.00. The van der Waals surface area contributed by atoms with Gasteiger partial charge >= 0.3 is 0 Å². The first-order chi connectivity index (χ1) is 13.1. The van der Waals surface area contributed by atoms with Crippen molar-refractivity contribution in [2.24, 2.45) is 0 Å². The van der Waals surface area contributed by atoms with Gasteiger partial charge in [0, 0.05) is 12.0 Å². The Kier molecular flexibility index (Phi) is 4.49. The van der Waals surface area contributed by atoms with Crippen molar-refractivity contribution in [3.8, 4) is 21.9 Å². The van der Waals surface area contributed by atoms with Crippen LogP contribution in [0, 0.1) is 11.6 Å². The van der Waals surface area contributed by atoms with Gasteiger partial charge in [0.25, 0.3) is 5.91 Å². The second kappa shape index (κ2) is 6.96. The highest BCUT2D eigenvalue weighted by Gasteiger charge is 2.24. The van der Waals surface area contributed by atoms with Crippen molar-refractivity contribution in [1.29, 1.82) is 0 Å². The number of nitrogens with zero attached hydrogens (tertiary/aromatic N) is 1. The largest absolute Gasteiger partial charge is 0.497 e. The SMILES string of the molecule is COc1ccc2c(c1)-c1sc(C(=O)Nc3c(F)cccc3F)nc1CCO2. The molecule has 27 heavy (non-hydrogen) atoms. The molecule has 3 aromatic rings. The molecule has 5 nitrogen and oxygen atoms in total. The van der Waals surface area contributed by atoms with Crippen molar-refractivity contribution < 1.29 is 23.0 Å². The second-order valence-corrected chi connectivity index (χ2v) is 6.81. The molecule has 0 aliphatic carbocycles. The summed E-state index contributed by atoms with van der Waals surface area (Å²) in [6, 6.07) is 8.80. The normalized spacial score (nSPS) is 12.4. The molecule has 1 N–H and O–H groups in total. The molecule has 1 aromatic heterocycles. The average Bonchev–Trinajstić information content (AvgIpc) is 3.02. The van der Waals surface area contributed by atoms with E-state index in [1.807, 2.05) is 6.07 Å². The molecule has 0 bridgehead atoms. The summed E-state index contributed by atoms with van der Waals surface area (Å²) in [4.78, 5) is 17.6. The fourth-order valence-electron chi connectivity index (χ4n) is 2.81. The van der Waals surface area contributed by atoms with Gasteiger partial charge < -0.3 is 14.8 Å². The molecule has 138 valence electrons. The number of nitrogens with one attached hydrogen (secondary N) is 1. The van der Waals surface area contributed by atoms with Crippen LogP contribution in [0.25, 0.3) is 10.4 Å². The molecule has 4 rings (SSSR count). The molecule has 2 aromatic carbocycles. The zero-order chi connectivity index (χ0) is 19.0. The Balaban J connectivity index is 1.71. The Morgan fingerprint density at radius 2 is 2.04 bits per heavy atom. The van der Waals surface area contributed by atoms with Crippen LogP contribution in [0.3, 0.4) is 0 Å². The summed E-state index contributed by atoms with van der Waals surface area (Å²) in [6.07, 6.45) is 0.518. The van der Waals surface area contributed by atoms with Crippen LogP contribution in [0.1, 0.15) is 15.5 Å². The van der Waals surface area contributed by atoms with Gasteiger partial charge in [-0.05, 0) is 30.3 Å². The van der Waals surface area contributed by atoms with Crippen LogP contribution in [0.2, 0.25) is 0 Å². The van der Waals surface area contributed by atoms with Gasteiger partial charge in [0.2, 0.25) is 0 Å². The number of rotatable bonds is 3. The fourth-order valence-corrected chi connectivity index (χ4v) is 3.84. The Bertz CT molecular complexity index is 1020. The maximum Gasteiger partial charge on any atom is 0.284 e. The van der Waals surface area contributed by atoms with Gasteiger partial charge in [-0.15, -0.1) is 11.3 Å². The number of hydrogen-bond acceptors (Lipinski definition) is 5. The molecule has 0 radical (unpaired) electrons. The van der Waals surface area contributed by atoms with Gasteiger partial charge in [-0.2, -0.15) is 0 Å². The number of para-hydroxylation sites is 1. The average molecular weight is 388 g/mol. The lowest BCUT2D eigenvalue weighted by Crippen LogP contribution is -2.14. The van der Waals surface area contributed by atoms with E-state index in [2.05, 4.69) is 10.3 Å². The van der Waals surface area contributed by atoms with E-state index in [1.54, 1.807) is 19.2 Å². The number of ether oxygens (including phenoxy) is 2. The number of halogens is 2. The number of anilines is 1. The molecule has 0 unspecified atom stereocenters. The van der Waals surface area contributed by atoms with E-state index in [-0.39, 0.29) is 5.01 Å². The lowest BCUT2D eigenvalue weighted by molar-refractivity contribution is 0.102. The maximum absolute atomic E-state index is 13.8. The lowest BCUT2D eigenvalue weighted by atomic mass is 10.1. The summed E-state index contributed by atoms with van der Waals surface area (Å²) >= 11 is 1.15. The molecule has 0 saturated heterocycles. The van der Waals surface area contributed by atoms with Crippen molar-refractivity contribution in [3.63, 3.8) is 0 Å². The Morgan fingerprint density at radius 1 is 1.26 bits per heavy atom. The predicted molar refractivity (Wildman–Crippen MR) is 97.6 cm³/mol. The van der Waals surface area contributed by atoms with E-state index >= 15 is 0 Å². The predicted octanol–water partition coefficient (Wildman–Crippen LogP) is 4.28. The van der Waals surface area contributed by atoms with Crippen LogP contribution < -0.4 is 14.8 Å². The first-order valence-corrected chi connectivity index (χ1v) is 8.94. The number of methoxy groups -OCH3 is 1. The van der Waals surface area contributed by atoms with E-state index in [0.717, 1.165) is 33.9 Å². The van der Waals surface area contributed by atoms with Crippen molar-refractivity contribution in [1.82, 2.24) is 4.98 Å². The van der Waals surface area contributed by atoms with Crippen LogP contribution in [-0.4, -0.2) is 24.6 Å². The van der Waals surface area contributed by atoms with Gasteiger partial charge in [0.1, 0.15) is 28.8 Å². The summed E-state index contributed by atoms with van der Waals surface area (Å²) in [5, 5.41) is 2.39. The van der Waals surface area contributed by atoms with Crippen molar-refractivity contribution in [2.75, 3.05) is 19.0 Å². The monoisotopic (exact) mass is 388 g/mol. The van der Waals surface area contributed by atoms with Gasteiger partial charge in [-0.25, -0.2) is 13.8 Å². The minimum absolute atomic E-state index is 0.123. The summed E-state index contributed by atoms with van der Waals surface area (Å²) in [6.45, 7) is 0.416. The molecule has 8 heteroatoms. The molecule has 0 spiro atoms. The number of aromatic nitrogens is 1. The molecular formula is C19H14F2N2O3S. The number of carbonyl (C=O) groups excluding carboxylic acids is 1. The number of hydrogen-bond donors (Lipinski definition) is 1. The topological polar surface area (TPSA) is 60.5 Å². The Labute approximate surface area is 157 Å². The zero-order valence-corrected chi connectivity index (χ0v) is 15.0. The van der Waals surface area contributed by atoms with Crippen LogP contribution >= 0.6 is 11.3 Å². The van der Waals surface area contributed by atoms with Crippen LogP contribution in [0.5, 0.6) is 11.5 Å². The van der Waals surface area contributed by atoms with Crippen LogP contribution in [0.4, 0.5) is 14.5 Å². The highest BCUT2D eigenvalue weighted by Crippen LogP contribution is 2.41. The van der Waals surface area contributed by atoms with E-state index < -0.39 is 23.2 Å². The number of carbonyl (C=O) groups is 1. The van der Waals surface area contributed by atoms with Crippen molar-refractivity contribution in [3.05, 3.63) is 58.7 Å². The van der Waals surface area contributed by atoms with Gasteiger partial charge in [0.05, 0.1) is 24.3 Å². The van der Waals surface area contributed by atoms with Gasteiger partial charge in [0.15, 0.2) is 5.01 Å². The highest BCUT2D eigenvalue weighted by molar-refractivity contribution is 7.17. The molecule has 2 heterocycles. The summed E-state index contributed by atoms with van der Waals surface area (Å²) in [5.74, 6) is -1.03. The highest BCUT2D eigenvalue weighted by atomic mass is 32.1. The van der Waals surface area contributed by atoms with E-state index in [0.29, 0.717) is 30.2 Å². The third-order valence-electron chi connectivity index (χ3n) is 4.12. The third-order valence-corrected chi connectivity index (χ3v) is 5.25. The summed E-state index contributed by atoms with van der Waals surface area (Å²) < 4.78 is 38.6. The molecule has 1 aliphatic rings. The molecule has 0 saturated carbocycles. The van der Waals surface area contributed by atoms with E-state index in [4.69, 9.17) is 9.47 Å². The third kappa shape index (κ3) is 3.23. The number of benzene rings is 2. The first-order valence-electron chi connectivity index (χ1n) is 8.13. The number of thiazole rings is 1. The van der Waals surface area contributed by atoms with Gasteiger partial charge in [-0.1, -0.05) is 6.07 Å². The molecule has 0 atom stereocenters. The number of fused-ring (bicyclic) bond motifs is 3. The van der Waals surface area contributed by atoms with Crippen molar-refractivity contribution in [2.45, 2.75) is 6.42 Å². The molecule has 1 aliphatic heterocycles. The van der Waals surface area contributed by atoms with E-state index in [1.165, 1.54) is 6.07 Å². The summed E-state index contributed by atoms with van der Waals surface area (Å²) in [7, 11) is 1.56. The smallest absolute Gasteiger partial charge is 0.284 e. The molecule has 0 fully saturated rings. The lowest BCUT2D eigenvalue weighted by Gasteiger charge is -2.08. The minimum Gasteiger partial charge on any atom is -0.497 e.